The van der Waals surface area contributed by atoms with Gasteiger partial charge >= 0.3 is 0 Å². The van der Waals surface area contributed by atoms with Gasteiger partial charge in [-0.25, -0.2) is 8.42 Å². The van der Waals surface area contributed by atoms with E-state index in [0.717, 1.165) is 22.3 Å². The number of aryl methyl sites for hydroxylation is 2. The molecule has 1 aromatic carbocycles. The van der Waals surface area contributed by atoms with Crippen molar-refractivity contribution in [2.45, 2.75) is 38.7 Å². The van der Waals surface area contributed by atoms with Crippen LogP contribution < -0.4 is 0 Å². The molecule has 0 aliphatic carbocycles. The molecule has 0 amide bonds. The molecule has 0 aromatic heterocycles. The van der Waals surface area contributed by atoms with Gasteiger partial charge in [-0.3, -0.25) is 0 Å². The first-order valence-electron chi connectivity index (χ1n) is 6.83. The second-order valence-electron chi connectivity index (χ2n) is 5.48. The highest BCUT2D eigenvalue weighted by Gasteiger charge is 2.27. The lowest BCUT2D eigenvalue weighted by Gasteiger charge is -2.23. The summed E-state index contributed by atoms with van der Waals surface area (Å²) in [6.07, 6.45) is -0.846. The second kappa shape index (κ2) is 6.87. The zero-order chi connectivity index (χ0) is 16.4. The standard InChI is InChI=1S/C15H25NO4S/c1-10-7-11(2)13(4)15(12(10)3)21(18,19)16(5)8-14(17)9-20-6/h7,14,17H,8-9H2,1-6H3. The van der Waals surface area contributed by atoms with Crippen LogP contribution in [0.5, 0.6) is 0 Å². The lowest BCUT2D eigenvalue weighted by molar-refractivity contribution is 0.0554. The second-order valence-corrected chi connectivity index (χ2v) is 7.47. The first-order chi connectivity index (χ1) is 9.62. The molecule has 6 heteroatoms. The molecule has 0 bridgehead atoms. The number of aliphatic hydroxyl groups excluding tert-OH is 1. The maximum absolute atomic E-state index is 12.8. The molecule has 1 rings (SSSR count). The maximum atomic E-state index is 12.8. The summed E-state index contributed by atoms with van der Waals surface area (Å²) in [5.41, 5.74) is 3.40. The van der Waals surface area contributed by atoms with Crippen LogP contribution >= 0.6 is 0 Å². The van der Waals surface area contributed by atoms with Crippen molar-refractivity contribution < 1.29 is 18.3 Å². The van der Waals surface area contributed by atoms with Gasteiger partial charge in [-0.2, -0.15) is 4.31 Å². The molecule has 0 radical (unpaired) electrons. The van der Waals surface area contributed by atoms with E-state index in [1.54, 1.807) is 0 Å². The topological polar surface area (TPSA) is 66.8 Å². The van der Waals surface area contributed by atoms with E-state index in [0.29, 0.717) is 4.90 Å². The number of methoxy groups -OCH3 is 1. The van der Waals surface area contributed by atoms with Crippen molar-refractivity contribution in [2.75, 3.05) is 27.3 Å². The zero-order valence-electron chi connectivity index (χ0n) is 13.6. The van der Waals surface area contributed by atoms with Gasteiger partial charge in [0.25, 0.3) is 0 Å². The fraction of sp³-hybridized carbons (Fsp3) is 0.600. The number of aliphatic hydroxyl groups is 1. The van der Waals surface area contributed by atoms with Crippen molar-refractivity contribution >= 4 is 10.0 Å². The summed E-state index contributed by atoms with van der Waals surface area (Å²) in [6.45, 7) is 7.54. The SMILES string of the molecule is COCC(O)CN(C)S(=O)(=O)c1c(C)c(C)cc(C)c1C. The fourth-order valence-corrected chi connectivity index (χ4v) is 4.14. The molecule has 1 aromatic rings. The molecule has 0 heterocycles. The largest absolute Gasteiger partial charge is 0.389 e. The van der Waals surface area contributed by atoms with E-state index in [1.807, 2.05) is 33.8 Å². The number of hydrogen-bond acceptors (Lipinski definition) is 4. The van der Waals surface area contributed by atoms with Crippen molar-refractivity contribution in [1.29, 1.82) is 0 Å². The third kappa shape index (κ3) is 3.83. The minimum atomic E-state index is -3.64. The third-order valence-corrected chi connectivity index (χ3v) is 5.89. The summed E-state index contributed by atoms with van der Waals surface area (Å²) in [5.74, 6) is 0. The lowest BCUT2D eigenvalue weighted by Crippen LogP contribution is -2.37. The zero-order valence-corrected chi connectivity index (χ0v) is 14.4. The Kier molecular flexibility index (Phi) is 5.92. The van der Waals surface area contributed by atoms with Crippen molar-refractivity contribution in [3.8, 4) is 0 Å². The van der Waals surface area contributed by atoms with Gasteiger partial charge < -0.3 is 9.84 Å². The molecule has 1 unspecified atom stereocenters. The summed E-state index contributed by atoms with van der Waals surface area (Å²) in [4.78, 5) is 0.340. The van der Waals surface area contributed by atoms with Crippen molar-refractivity contribution in [3.05, 3.63) is 28.3 Å². The summed E-state index contributed by atoms with van der Waals surface area (Å²) in [7, 11) is -0.696. The fourth-order valence-electron chi connectivity index (χ4n) is 2.36. The van der Waals surface area contributed by atoms with Gasteiger partial charge in [0.1, 0.15) is 0 Å². The molecule has 120 valence electrons. The highest BCUT2D eigenvalue weighted by Crippen LogP contribution is 2.28. The highest BCUT2D eigenvalue weighted by atomic mass is 32.2. The summed E-state index contributed by atoms with van der Waals surface area (Å²) >= 11 is 0. The molecule has 0 spiro atoms. The third-order valence-electron chi connectivity index (χ3n) is 3.79. The Morgan fingerprint density at radius 2 is 1.67 bits per heavy atom. The van der Waals surface area contributed by atoms with Crippen LogP contribution in [0.3, 0.4) is 0 Å². The Balaban J connectivity index is 3.26. The van der Waals surface area contributed by atoms with Crippen LogP contribution in [0.25, 0.3) is 0 Å². The van der Waals surface area contributed by atoms with Gasteiger partial charge in [0.15, 0.2) is 0 Å². The van der Waals surface area contributed by atoms with E-state index >= 15 is 0 Å². The number of benzene rings is 1. The van der Waals surface area contributed by atoms with E-state index in [-0.39, 0.29) is 13.2 Å². The van der Waals surface area contributed by atoms with Gasteiger partial charge in [0.2, 0.25) is 10.0 Å². The average Bonchev–Trinajstić information content (AvgIpc) is 2.36. The van der Waals surface area contributed by atoms with Gasteiger partial charge in [-0.15, -0.1) is 0 Å². The maximum Gasteiger partial charge on any atom is 0.243 e. The van der Waals surface area contributed by atoms with Gasteiger partial charge in [-0.05, 0) is 49.9 Å². The van der Waals surface area contributed by atoms with Crippen LogP contribution in [-0.4, -0.2) is 51.2 Å². The Bertz CT molecular complexity index is 584. The smallest absolute Gasteiger partial charge is 0.243 e. The molecule has 1 N–H and O–H groups in total. The Morgan fingerprint density at radius 1 is 1.19 bits per heavy atom. The van der Waals surface area contributed by atoms with Crippen LogP contribution in [-0.2, 0) is 14.8 Å². The summed E-state index contributed by atoms with van der Waals surface area (Å²) in [5, 5.41) is 9.75. The Labute approximate surface area is 127 Å². The lowest BCUT2D eigenvalue weighted by atomic mass is 10.0. The molecular formula is C15H25NO4S. The molecule has 0 saturated heterocycles. The molecule has 0 aliphatic rings. The Hall–Kier alpha value is -0.950. The molecular weight excluding hydrogens is 290 g/mol. The molecule has 1 atom stereocenters. The first-order valence-corrected chi connectivity index (χ1v) is 8.27. The van der Waals surface area contributed by atoms with Crippen LogP contribution in [0.4, 0.5) is 0 Å². The number of ether oxygens (including phenoxy) is 1. The summed E-state index contributed by atoms with van der Waals surface area (Å²) < 4.78 is 31.6. The molecule has 0 saturated carbocycles. The van der Waals surface area contributed by atoms with Gasteiger partial charge in [0, 0.05) is 20.7 Å². The molecule has 0 aliphatic heterocycles. The van der Waals surface area contributed by atoms with Crippen molar-refractivity contribution in [1.82, 2.24) is 4.31 Å². The van der Waals surface area contributed by atoms with Crippen molar-refractivity contribution in [2.24, 2.45) is 0 Å². The predicted octanol–water partition coefficient (Wildman–Crippen LogP) is 1.55. The highest BCUT2D eigenvalue weighted by molar-refractivity contribution is 7.89. The molecule has 5 nitrogen and oxygen atoms in total. The van der Waals surface area contributed by atoms with Gasteiger partial charge in [-0.1, -0.05) is 6.07 Å². The minimum absolute atomic E-state index is 0.00203. The van der Waals surface area contributed by atoms with Crippen LogP contribution in [0.1, 0.15) is 22.3 Å². The normalized spacial score (nSPS) is 13.7. The Morgan fingerprint density at radius 3 is 2.10 bits per heavy atom. The predicted molar refractivity (Wildman–Crippen MR) is 83.1 cm³/mol. The van der Waals surface area contributed by atoms with Gasteiger partial charge in [0.05, 0.1) is 17.6 Å². The minimum Gasteiger partial charge on any atom is -0.389 e. The average molecular weight is 315 g/mol. The summed E-state index contributed by atoms with van der Waals surface area (Å²) in [6, 6.07) is 1.99. The van der Waals surface area contributed by atoms with Crippen molar-refractivity contribution in [3.63, 3.8) is 0 Å². The van der Waals surface area contributed by atoms with Crippen LogP contribution in [0.2, 0.25) is 0 Å². The van der Waals surface area contributed by atoms with E-state index < -0.39 is 16.1 Å². The van der Waals surface area contributed by atoms with E-state index in [1.165, 1.54) is 18.5 Å². The quantitative estimate of drug-likeness (QED) is 0.865. The van der Waals surface area contributed by atoms with E-state index in [4.69, 9.17) is 4.74 Å². The number of sulfonamides is 1. The number of hydrogen-bond donors (Lipinski definition) is 1. The van der Waals surface area contributed by atoms with Crippen LogP contribution in [0, 0.1) is 27.7 Å². The van der Waals surface area contributed by atoms with E-state index in [9.17, 15) is 13.5 Å². The number of nitrogens with zero attached hydrogens (tertiary/aromatic N) is 1. The first kappa shape index (κ1) is 18.1. The number of rotatable bonds is 6. The van der Waals surface area contributed by atoms with Crippen LogP contribution in [0.15, 0.2) is 11.0 Å². The molecule has 0 fully saturated rings. The van der Waals surface area contributed by atoms with E-state index in [2.05, 4.69) is 0 Å². The number of likely N-dealkylation sites (N-methyl/N-ethyl adjacent to an activating group) is 1. The molecule has 21 heavy (non-hydrogen) atoms. The monoisotopic (exact) mass is 315 g/mol.